The molecule has 0 atom stereocenters. The Morgan fingerprint density at radius 3 is 2.68 bits per heavy atom. The number of ether oxygens (including phenoxy) is 4. The smallest absolute Gasteiger partial charge is 0.347 e. The average Bonchev–Trinajstić information content (AvgIpc) is 3.01. The number of benzene rings is 2. The molecule has 0 aliphatic carbocycles. The molecule has 1 aliphatic rings. The Morgan fingerprint density at radius 1 is 1.05 bits per heavy atom. The van der Waals surface area contributed by atoms with Gasteiger partial charge in [-0.15, -0.1) is 0 Å². The summed E-state index contributed by atoms with van der Waals surface area (Å²) in [5.41, 5.74) is -0.0436. The molecule has 0 unspecified atom stereocenters. The Balaban J connectivity index is 2.27. The van der Waals surface area contributed by atoms with Crippen LogP contribution < -0.4 is 24.6 Å². The summed E-state index contributed by atoms with van der Waals surface area (Å²) < 4.78 is 26.9. The van der Waals surface area contributed by atoms with Gasteiger partial charge in [-0.3, -0.25) is 0 Å². The first-order valence-corrected chi connectivity index (χ1v) is 6.64. The molecular weight excluding hydrogens is 288 g/mol. The largest absolute Gasteiger partial charge is 0.497 e. The van der Waals surface area contributed by atoms with Gasteiger partial charge in [0.2, 0.25) is 6.79 Å². The molecule has 3 aromatic rings. The lowest BCUT2D eigenvalue weighted by molar-refractivity contribution is 0.175. The van der Waals surface area contributed by atoms with Gasteiger partial charge in [0.25, 0.3) is 0 Å². The van der Waals surface area contributed by atoms with Crippen molar-refractivity contribution in [2.45, 2.75) is 0 Å². The van der Waals surface area contributed by atoms with E-state index in [0.717, 1.165) is 0 Å². The van der Waals surface area contributed by atoms with Crippen LogP contribution in [0.4, 0.5) is 0 Å². The van der Waals surface area contributed by atoms with Gasteiger partial charge in [-0.1, -0.05) is 0 Å². The van der Waals surface area contributed by atoms with Crippen molar-refractivity contribution in [2.75, 3.05) is 21.0 Å². The first-order chi connectivity index (χ1) is 10.7. The van der Waals surface area contributed by atoms with Gasteiger partial charge in [0.1, 0.15) is 22.5 Å². The van der Waals surface area contributed by atoms with Crippen LogP contribution in [0.5, 0.6) is 23.0 Å². The maximum Gasteiger partial charge on any atom is 0.347 e. The fraction of sp³-hybridized carbons (Fsp3) is 0.188. The molecule has 0 fully saturated rings. The number of methoxy groups -OCH3 is 2. The van der Waals surface area contributed by atoms with E-state index in [4.69, 9.17) is 23.4 Å². The van der Waals surface area contributed by atoms with E-state index in [0.29, 0.717) is 44.7 Å². The lowest BCUT2D eigenvalue weighted by Gasteiger charge is -2.10. The van der Waals surface area contributed by atoms with E-state index in [1.807, 2.05) is 0 Å². The lowest BCUT2D eigenvalue weighted by Crippen LogP contribution is -2.03. The van der Waals surface area contributed by atoms with Crippen molar-refractivity contribution in [3.63, 3.8) is 0 Å². The lowest BCUT2D eigenvalue weighted by atomic mass is 10.1. The zero-order chi connectivity index (χ0) is 15.3. The quantitative estimate of drug-likeness (QED) is 0.535. The fourth-order valence-corrected chi connectivity index (χ4v) is 2.72. The van der Waals surface area contributed by atoms with E-state index in [2.05, 4.69) is 0 Å². The van der Waals surface area contributed by atoms with E-state index in [-0.39, 0.29) is 6.79 Å². The maximum absolute atomic E-state index is 12.3. The molecule has 112 valence electrons. The number of fused-ring (bicyclic) bond motifs is 5. The second-order valence-electron chi connectivity index (χ2n) is 4.81. The minimum absolute atomic E-state index is 0.135. The molecule has 1 aromatic heterocycles. The normalized spacial score (nSPS) is 12.8. The van der Waals surface area contributed by atoms with E-state index in [9.17, 15) is 4.79 Å². The summed E-state index contributed by atoms with van der Waals surface area (Å²) in [6, 6.07) is 6.82. The van der Waals surface area contributed by atoms with Crippen LogP contribution >= 0.6 is 0 Å². The summed E-state index contributed by atoms with van der Waals surface area (Å²) in [5, 5.41) is 1.66. The monoisotopic (exact) mass is 300 g/mol. The second kappa shape index (κ2) is 4.56. The second-order valence-corrected chi connectivity index (χ2v) is 4.81. The molecule has 6 nitrogen and oxygen atoms in total. The highest BCUT2D eigenvalue weighted by atomic mass is 16.7. The van der Waals surface area contributed by atoms with Crippen LogP contribution in [-0.2, 0) is 0 Å². The molecule has 4 rings (SSSR count). The van der Waals surface area contributed by atoms with Gasteiger partial charge in [-0.25, -0.2) is 4.79 Å². The van der Waals surface area contributed by atoms with Crippen LogP contribution in [0.15, 0.2) is 33.5 Å². The van der Waals surface area contributed by atoms with Crippen LogP contribution in [0.1, 0.15) is 0 Å². The van der Waals surface area contributed by atoms with Crippen molar-refractivity contribution in [3.8, 4) is 23.0 Å². The maximum atomic E-state index is 12.3. The molecule has 0 N–H and O–H groups in total. The Hall–Kier alpha value is -2.89. The summed E-state index contributed by atoms with van der Waals surface area (Å²) in [5.74, 6) is 2.14. The summed E-state index contributed by atoms with van der Waals surface area (Å²) in [7, 11) is 3.05. The molecule has 0 spiro atoms. The van der Waals surface area contributed by atoms with Crippen molar-refractivity contribution >= 4 is 21.7 Å². The topological polar surface area (TPSA) is 67.1 Å². The highest BCUT2D eigenvalue weighted by Crippen LogP contribution is 2.43. The predicted molar refractivity (Wildman–Crippen MR) is 79.2 cm³/mol. The molecule has 0 saturated heterocycles. The van der Waals surface area contributed by atoms with E-state index >= 15 is 0 Å². The fourth-order valence-electron chi connectivity index (χ4n) is 2.72. The average molecular weight is 300 g/mol. The van der Waals surface area contributed by atoms with Crippen LogP contribution in [0.25, 0.3) is 21.7 Å². The van der Waals surface area contributed by atoms with Crippen molar-refractivity contribution in [1.82, 2.24) is 0 Å². The van der Waals surface area contributed by atoms with Gasteiger partial charge in [-0.2, -0.15) is 0 Å². The molecule has 0 amide bonds. The molecule has 2 heterocycles. The number of rotatable bonds is 2. The van der Waals surface area contributed by atoms with Crippen molar-refractivity contribution < 1.29 is 23.4 Å². The third kappa shape index (κ3) is 1.64. The summed E-state index contributed by atoms with van der Waals surface area (Å²) in [4.78, 5) is 12.3. The Bertz CT molecular complexity index is 956. The highest BCUT2D eigenvalue weighted by Gasteiger charge is 2.23. The molecule has 1 aliphatic heterocycles. The molecule has 22 heavy (non-hydrogen) atoms. The Kier molecular flexibility index (Phi) is 2.66. The summed E-state index contributed by atoms with van der Waals surface area (Å²) >= 11 is 0. The minimum Gasteiger partial charge on any atom is -0.497 e. The van der Waals surface area contributed by atoms with Crippen LogP contribution in [0.3, 0.4) is 0 Å². The molecule has 0 saturated carbocycles. The van der Waals surface area contributed by atoms with Gasteiger partial charge in [0, 0.05) is 11.5 Å². The van der Waals surface area contributed by atoms with E-state index in [1.165, 1.54) is 7.11 Å². The SMILES string of the molecule is COc1cc(OC)c2c(=O)oc3ccc4c(c3c2c1)OCO4. The van der Waals surface area contributed by atoms with Crippen molar-refractivity contribution in [2.24, 2.45) is 0 Å². The minimum atomic E-state index is -0.471. The van der Waals surface area contributed by atoms with Crippen LogP contribution in [0.2, 0.25) is 0 Å². The first kappa shape index (κ1) is 12.8. The van der Waals surface area contributed by atoms with Crippen LogP contribution in [0, 0.1) is 0 Å². The molecule has 2 aromatic carbocycles. The number of hydrogen-bond acceptors (Lipinski definition) is 6. The standard InChI is InChI=1S/C16H12O6/c1-18-8-5-9-13-10(3-4-11-15(13)21-7-20-11)22-16(17)14(9)12(6-8)19-2/h3-6H,7H2,1-2H3. The van der Waals surface area contributed by atoms with Gasteiger partial charge >= 0.3 is 5.63 Å². The molecule has 0 radical (unpaired) electrons. The Morgan fingerprint density at radius 2 is 1.91 bits per heavy atom. The number of hydrogen-bond donors (Lipinski definition) is 0. The third-order valence-electron chi connectivity index (χ3n) is 3.71. The van der Waals surface area contributed by atoms with E-state index in [1.54, 1.807) is 31.4 Å². The molecule has 6 heteroatoms. The van der Waals surface area contributed by atoms with Crippen molar-refractivity contribution in [1.29, 1.82) is 0 Å². The van der Waals surface area contributed by atoms with Gasteiger partial charge in [0.15, 0.2) is 11.5 Å². The zero-order valence-electron chi connectivity index (χ0n) is 12.0. The zero-order valence-corrected chi connectivity index (χ0v) is 12.0. The van der Waals surface area contributed by atoms with Gasteiger partial charge in [-0.05, 0) is 18.2 Å². The van der Waals surface area contributed by atoms with Crippen LogP contribution in [-0.4, -0.2) is 21.0 Å². The molecular formula is C16H12O6. The van der Waals surface area contributed by atoms with Crippen molar-refractivity contribution in [3.05, 3.63) is 34.7 Å². The Labute approximate surface area is 124 Å². The summed E-state index contributed by atoms with van der Waals surface area (Å²) in [6.07, 6.45) is 0. The highest BCUT2D eigenvalue weighted by molar-refractivity contribution is 6.11. The predicted octanol–water partition coefficient (Wildman–Crippen LogP) is 2.69. The molecule has 0 bridgehead atoms. The van der Waals surface area contributed by atoms with Gasteiger partial charge in [0.05, 0.1) is 19.6 Å². The summed E-state index contributed by atoms with van der Waals surface area (Å²) in [6.45, 7) is 0.135. The van der Waals surface area contributed by atoms with E-state index < -0.39 is 5.63 Å². The first-order valence-electron chi connectivity index (χ1n) is 6.64. The third-order valence-corrected chi connectivity index (χ3v) is 3.71. The van der Waals surface area contributed by atoms with Gasteiger partial charge < -0.3 is 23.4 Å².